The molecule has 5 nitrogen and oxygen atoms in total. The van der Waals surface area contributed by atoms with Gasteiger partial charge in [0.1, 0.15) is 0 Å². The lowest BCUT2D eigenvalue weighted by atomic mass is 10.1. The smallest absolute Gasteiger partial charge is 0.246 e. The van der Waals surface area contributed by atoms with Crippen LogP contribution in [0.3, 0.4) is 0 Å². The van der Waals surface area contributed by atoms with E-state index in [1.165, 1.54) is 5.57 Å². The summed E-state index contributed by atoms with van der Waals surface area (Å²) >= 11 is 1.56. The van der Waals surface area contributed by atoms with Gasteiger partial charge in [-0.05, 0) is 36.6 Å². The minimum absolute atomic E-state index is 0.0112. The van der Waals surface area contributed by atoms with Crippen molar-refractivity contribution in [2.24, 2.45) is 17.3 Å². The molecule has 1 aliphatic carbocycles. The highest BCUT2D eigenvalue weighted by atomic mass is 32.1. The molecular weight excluding hydrogens is 310 g/mol. The van der Waals surface area contributed by atoms with Crippen LogP contribution in [0.15, 0.2) is 33.7 Å². The third kappa shape index (κ3) is 3.22. The van der Waals surface area contributed by atoms with Gasteiger partial charge in [-0.3, -0.25) is 4.79 Å². The van der Waals surface area contributed by atoms with Gasteiger partial charge in [-0.2, -0.15) is 4.98 Å². The summed E-state index contributed by atoms with van der Waals surface area (Å²) in [4.78, 5) is 17.7. The molecule has 0 bridgehead atoms. The van der Waals surface area contributed by atoms with Crippen LogP contribution < -0.4 is 5.32 Å². The maximum atomic E-state index is 12.4. The van der Waals surface area contributed by atoms with E-state index < -0.39 is 0 Å². The van der Waals surface area contributed by atoms with Crippen LogP contribution in [0.4, 0.5) is 0 Å². The molecule has 0 unspecified atom stereocenters. The normalized spacial score (nSPS) is 21.7. The van der Waals surface area contributed by atoms with Crippen LogP contribution in [0.2, 0.25) is 0 Å². The lowest BCUT2D eigenvalue weighted by Gasteiger charge is -2.03. The molecule has 1 saturated carbocycles. The average Bonchev–Trinajstić information content (AvgIpc) is 2.96. The van der Waals surface area contributed by atoms with Gasteiger partial charge in [0, 0.05) is 0 Å². The Balaban J connectivity index is 1.59. The van der Waals surface area contributed by atoms with E-state index in [9.17, 15) is 4.79 Å². The van der Waals surface area contributed by atoms with Gasteiger partial charge in [0.2, 0.25) is 17.6 Å². The number of hydrogen-bond acceptors (Lipinski definition) is 5. The molecule has 3 rings (SSSR count). The van der Waals surface area contributed by atoms with Gasteiger partial charge in [-0.15, -0.1) is 11.3 Å². The Bertz CT molecular complexity index is 727. The number of allylic oxidation sites excluding steroid dienone is 2. The molecule has 0 spiro atoms. The summed E-state index contributed by atoms with van der Waals surface area (Å²) in [6, 6.07) is 3.88. The van der Waals surface area contributed by atoms with E-state index in [4.69, 9.17) is 4.52 Å². The predicted octanol–water partition coefficient (Wildman–Crippen LogP) is 3.65. The van der Waals surface area contributed by atoms with Crippen molar-refractivity contribution in [2.75, 3.05) is 0 Å². The third-order valence-electron chi connectivity index (χ3n) is 4.33. The molecule has 2 heterocycles. The molecule has 0 aliphatic heterocycles. The van der Waals surface area contributed by atoms with Crippen molar-refractivity contribution in [2.45, 2.75) is 34.2 Å². The Morgan fingerprint density at radius 2 is 2.26 bits per heavy atom. The number of carbonyl (C=O) groups is 1. The van der Waals surface area contributed by atoms with E-state index in [2.05, 4.69) is 49.2 Å². The zero-order valence-electron chi connectivity index (χ0n) is 13.8. The van der Waals surface area contributed by atoms with Crippen molar-refractivity contribution in [3.05, 3.63) is 35.1 Å². The van der Waals surface area contributed by atoms with Crippen LogP contribution >= 0.6 is 11.3 Å². The highest BCUT2D eigenvalue weighted by Gasteiger charge is 2.60. The number of carbonyl (C=O) groups excluding carboxylic acids is 1. The molecule has 2 aromatic heterocycles. The maximum Gasteiger partial charge on any atom is 0.246 e. The number of nitrogens with one attached hydrogen (secondary N) is 1. The fourth-order valence-corrected chi connectivity index (χ4v) is 3.60. The number of amides is 1. The summed E-state index contributed by atoms with van der Waals surface area (Å²) in [6.07, 6.45) is 2.19. The van der Waals surface area contributed by atoms with Crippen LogP contribution in [0.1, 0.15) is 33.6 Å². The van der Waals surface area contributed by atoms with Crippen molar-refractivity contribution in [1.29, 1.82) is 0 Å². The maximum absolute atomic E-state index is 12.4. The zero-order valence-corrected chi connectivity index (χ0v) is 14.6. The van der Waals surface area contributed by atoms with Crippen LogP contribution in [0, 0.1) is 17.3 Å². The van der Waals surface area contributed by atoms with E-state index in [0.29, 0.717) is 17.6 Å². The second-order valence-electron chi connectivity index (χ2n) is 6.78. The van der Waals surface area contributed by atoms with E-state index in [1.807, 2.05) is 17.5 Å². The average molecular weight is 331 g/mol. The van der Waals surface area contributed by atoms with Crippen LogP contribution in [-0.2, 0) is 11.3 Å². The van der Waals surface area contributed by atoms with E-state index in [0.717, 1.165) is 4.88 Å². The van der Waals surface area contributed by atoms with E-state index in [1.54, 1.807) is 11.3 Å². The molecule has 23 heavy (non-hydrogen) atoms. The van der Waals surface area contributed by atoms with Crippen molar-refractivity contribution in [3.63, 3.8) is 0 Å². The van der Waals surface area contributed by atoms with Crippen LogP contribution in [0.25, 0.3) is 10.7 Å². The minimum atomic E-state index is 0.0112. The fourth-order valence-electron chi connectivity index (χ4n) is 2.95. The molecule has 1 amide bonds. The molecule has 122 valence electrons. The molecule has 1 N–H and O–H groups in total. The number of nitrogens with zero attached hydrogens (tertiary/aromatic N) is 2. The van der Waals surface area contributed by atoms with Crippen molar-refractivity contribution in [1.82, 2.24) is 15.5 Å². The monoisotopic (exact) mass is 331 g/mol. The topological polar surface area (TPSA) is 68.0 Å². The highest BCUT2D eigenvalue weighted by molar-refractivity contribution is 7.13. The summed E-state index contributed by atoms with van der Waals surface area (Å²) in [5.41, 5.74) is 1.26. The fraction of sp³-hybridized carbons (Fsp3) is 0.471. The first-order valence-corrected chi connectivity index (χ1v) is 8.56. The molecule has 1 fully saturated rings. The summed E-state index contributed by atoms with van der Waals surface area (Å²) in [5, 5.41) is 8.82. The predicted molar refractivity (Wildman–Crippen MR) is 89.6 cm³/mol. The van der Waals surface area contributed by atoms with Gasteiger partial charge < -0.3 is 9.84 Å². The summed E-state index contributed by atoms with van der Waals surface area (Å²) in [7, 11) is 0. The largest absolute Gasteiger partial charge is 0.347 e. The number of rotatable bonds is 5. The van der Waals surface area contributed by atoms with Gasteiger partial charge in [-0.25, -0.2) is 0 Å². The van der Waals surface area contributed by atoms with Crippen molar-refractivity contribution in [3.8, 4) is 10.7 Å². The number of thiophene rings is 1. The second-order valence-corrected chi connectivity index (χ2v) is 7.72. The van der Waals surface area contributed by atoms with Crippen LogP contribution in [0.5, 0.6) is 0 Å². The van der Waals surface area contributed by atoms with Crippen molar-refractivity contribution >= 4 is 17.2 Å². The first kappa shape index (κ1) is 15.9. The molecule has 1 aliphatic rings. The SMILES string of the molecule is CC(C)=C[C@H]1[C@H](C(=O)NCc2nc(-c3cccs3)no2)C1(C)C. The Morgan fingerprint density at radius 1 is 1.48 bits per heavy atom. The lowest BCUT2D eigenvalue weighted by molar-refractivity contribution is -0.123. The molecular formula is C17H21N3O2S. The third-order valence-corrected chi connectivity index (χ3v) is 5.20. The van der Waals surface area contributed by atoms with Crippen LogP contribution in [-0.4, -0.2) is 16.0 Å². The standard InChI is InChI=1S/C17H21N3O2S/c1-10(2)8-11-14(17(11,3)4)16(21)18-9-13-19-15(20-22-13)12-6-5-7-23-12/h5-8,11,14H,9H2,1-4H3,(H,18,21)/t11-,14+/m0/s1. The first-order chi connectivity index (χ1) is 10.9. The summed E-state index contributed by atoms with van der Waals surface area (Å²) in [6.45, 7) is 8.65. The van der Waals surface area contributed by atoms with Gasteiger partial charge >= 0.3 is 0 Å². The van der Waals surface area contributed by atoms with Crippen molar-refractivity contribution < 1.29 is 9.32 Å². The van der Waals surface area contributed by atoms with Gasteiger partial charge in [0.15, 0.2) is 0 Å². The van der Waals surface area contributed by atoms with Gasteiger partial charge in [-0.1, -0.05) is 36.7 Å². The first-order valence-electron chi connectivity index (χ1n) is 7.69. The minimum Gasteiger partial charge on any atom is -0.347 e. The molecule has 0 aromatic carbocycles. The van der Waals surface area contributed by atoms with Gasteiger partial charge in [0.05, 0.1) is 17.3 Å². The highest BCUT2D eigenvalue weighted by Crippen LogP contribution is 2.59. The van der Waals surface area contributed by atoms with E-state index >= 15 is 0 Å². The Labute approximate surface area is 139 Å². The molecule has 0 radical (unpaired) electrons. The lowest BCUT2D eigenvalue weighted by Crippen LogP contribution is -2.26. The Morgan fingerprint density at radius 3 is 2.91 bits per heavy atom. The molecule has 6 heteroatoms. The van der Waals surface area contributed by atoms with Gasteiger partial charge in [0.25, 0.3) is 0 Å². The summed E-state index contributed by atoms with van der Waals surface area (Å²) < 4.78 is 5.20. The molecule has 2 atom stereocenters. The Hall–Kier alpha value is -1.95. The Kier molecular flexibility index (Phi) is 4.10. The number of aromatic nitrogens is 2. The quantitative estimate of drug-likeness (QED) is 0.849. The number of hydrogen-bond donors (Lipinski definition) is 1. The van der Waals surface area contributed by atoms with E-state index in [-0.39, 0.29) is 23.8 Å². The second kappa shape index (κ2) is 5.92. The molecule has 2 aromatic rings. The summed E-state index contributed by atoms with van der Waals surface area (Å²) in [5.74, 6) is 1.36. The molecule has 0 saturated heterocycles. The zero-order chi connectivity index (χ0) is 16.6.